The van der Waals surface area contributed by atoms with Crippen molar-refractivity contribution in [1.29, 1.82) is 0 Å². The molecule has 1 saturated heterocycles. The number of nitrogens with zero attached hydrogens (tertiary/aromatic N) is 1. The molecule has 2 amide bonds. The molecule has 1 aliphatic carbocycles. The normalized spacial score (nSPS) is 24.9. The van der Waals surface area contributed by atoms with Crippen LogP contribution in [0.25, 0.3) is 0 Å². The lowest BCUT2D eigenvalue weighted by molar-refractivity contribution is 0.0440. The molecule has 6 heteroatoms. The Morgan fingerprint density at radius 2 is 2.00 bits per heavy atom. The molecule has 0 radical (unpaired) electrons. The highest BCUT2D eigenvalue weighted by Gasteiger charge is 2.52. The zero-order valence-electron chi connectivity index (χ0n) is 15.8. The van der Waals surface area contributed by atoms with Crippen LogP contribution in [0.15, 0.2) is 30.3 Å². The summed E-state index contributed by atoms with van der Waals surface area (Å²) in [5.41, 5.74) is 0.0253. The summed E-state index contributed by atoms with van der Waals surface area (Å²) in [4.78, 5) is 26.5. The van der Waals surface area contributed by atoms with Gasteiger partial charge in [-0.2, -0.15) is 0 Å². The summed E-state index contributed by atoms with van der Waals surface area (Å²) in [6, 6.07) is 9.63. The van der Waals surface area contributed by atoms with Crippen LogP contribution in [0.3, 0.4) is 0 Å². The van der Waals surface area contributed by atoms with Crippen molar-refractivity contribution in [3.05, 3.63) is 35.9 Å². The number of carbonyl (C=O) groups excluding carboxylic acids is 2. The van der Waals surface area contributed by atoms with Crippen molar-refractivity contribution in [2.24, 2.45) is 5.92 Å². The maximum Gasteiger partial charge on any atom is 0.410 e. The first-order valence-corrected chi connectivity index (χ1v) is 9.24. The van der Waals surface area contributed by atoms with Gasteiger partial charge in [-0.15, -0.1) is 0 Å². The summed E-state index contributed by atoms with van der Waals surface area (Å²) in [7, 11) is 0. The lowest BCUT2D eigenvalue weighted by Crippen LogP contribution is -2.53. The average molecular weight is 360 g/mol. The van der Waals surface area contributed by atoms with Gasteiger partial charge in [-0.05, 0) is 39.2 Å². The number of ether oxygens (including phenoxy) is 2. The van der Waals surface area contributed by atoms with E-state index in [0.29, 0.717) is 13.1 Å². The van der Waals surface area contributed by atoms with Crippen LogP contribution in [0, 0.1) is 5.92 Å². The smallest absolute Gasteiger partial charge is 0.410 e. The predicted molar refractivity (Wildman–Crippen MR) is 97.6 cm³/mol. The molecule has 6 nitrogen and oxygen atoms in total. The van der Waals surface area contributed by atoms with Crippen molar-refractivity contribution in [3.63, 3.8) is 0 Å². The number of nitrogens with one attached hydrogen (secondary N) is 1. The number of fused-ring (bicyclic) bond motifs is 1. The zero-order chi connectivity index (χ0) is 18.8. The molecule has 2 aliphatic rings. The Labute approximate surface area is 154 Å². The molecule has 0 aromatic heterocycles. The molecule has 142 valence electrons. The Morgan fingerprint density at radius 1 is 1.27 bits per heavy atom. The van der Waals surface area contributed by atoms with E-state index >= 15 is 0 Å². The van der Waals surface area contributed by atoms with Gasteiger partial charge < -0.3 is 19.7 Å². The highest BCUT2D eigenvalue weighted by Crippen LogP contribution is 2.42. The minimum Gasteiger partial charge on any atom is -0.445 e. The number of rotatable bonds is 3. The maximum atomic E-state index is 12.5. The molecular weight excluding hydrogens is 332 g/mol. The molecule has 2 fully saturated rings. The van der Waals surface area contributed by atoms with Crippen LogP contribution in [0.1, 0.15) is 45.6 Å². The van der Waals surface area contributed by atoms with Gasteiger partial charge in [-0.1, -0.05) is 36.8 Å². The Balaban J connectivity index is 1.59. The van der Waals surface area contributed by atoms with Crippen LogP contribution in [-0.2, 0) is 16.1 Å². The summed E-state index contributed by atoms with van der Waals surface area (Å²) in [6.07, 6.45) is 2.17. The molecule has 3 rings (SSSR count). The fourth-order valence-electron chi connectivity index (χ4n) is 3.95. The SMILES string of the molecule is CC(C)(C)OC(=O)N[C@@]12CCC[C@@H]1CN(C(=O)OCc1ccccc1)C2. The minimum atomic E-state index is -0.540. The van der Waals surface area contributed by atoms with Gasteiger partial charge in [0.2, 0.25) is 0 Å². The Morgan fingerprint density at radius 3 is 2.69 bits per heavy atom. The summed E-state index contributed by atoms with van der Waals surface area (Å²) >= 11 is 0. The van der Waals surface area contributed by atoms with Gasteiger partial charge in [0.05, 0.1) is 5.54 Å². The molecule has 1 saturated carbocycles. The molecule has 1 heterocycles. The molecule has 26 heavy (non-hydrogen) atoms. The summed E-state index contributed by atoms with van der Waals surface area (Å²) < 4.78 is 10.9. The number of alkyl carbamates (subject to hydrolysis) is 1. The van der Waals surface area contributed by atoms with Crippen molar-refractivity contribution < 1.29 is 19.1 Å². The third kappa shape index (κ3) is 4.29. The second-order valence-electron chi connectivity index (χ2n) is 8.29. The van der Waals surface area contributed by atoms with Gasteiger partial charge >= 0.3 is 12.2 Å². The van der Waals surface area contributed by atoms with E-state index in [1.54, 1.807) is 4.90 Å². The largest absolute Gasteiger partial charge is 0.445 e. The maximum absolute atomic E-state index is 12.5. The van der Waals surface area contributed by atoms with E-state index in [1.807, 2.05) is 51.1 Å². The van der Waals surface area contributed by atoms with E-state index in [0.717, 1.165) is 24.8 Å². The number of likely N-dealkylation sites (tertiary alicyclic amines) is 1. The molecule has 0 unspecified atom stereocenters. The monoisotopic (exact) mass is 360 g/mol. The topological polar surface area (TPSA) is 67.9 Å². The first-order chi connectivity index (χ1) is 12.3. The first-order valence-electron chi connectivity index (χ1n) is 9.24. The quantitative estimate of drug-likeness (QED) is 0.892. The lowest BCUT2D eigenvalue weighted by atomic mass is 9.91. The Hall–Kier alpha value is -2.24. The number of amides is 2. The molecular formula is C20H28N2O4. The van der Waals surface area contributed by atoms with E-state index in [2.05, 4.69) is 5.32 Å². The predicted octanol–water partition coefficient (Wildman–Crippen LogP) is 3.70. The van der Waals surface area contributed by atoms with Gasteiger partial charge in [0.15, 0.2) is 0 Å². The van der Waals surface area contributed by atoms with E-state index in [9.17, 15) is 9.59 Å². The number of hydrogen-bond donors (Lipinski definition) is 1. The number of benzene rings is 1. The molecule has 1 aromatic rings. The molecule has 1 aromatic carbocycles. The zero-order valence-corrected chi connectivity index (χ0v) is 15.8. The van der Waals surface area contributed by atoms with E-state index in [4.69, 9.17) is 9.47 Å². The standard InChI is InChI=1S/C20H28N2O4/c1-19(2,3)26-17(23)21-20-11-7-10-16(20)12-22(14-20)18(24)25-13-15-8-5-4-6-9-15/h4-6,8-9,16H,7,10-14H2,1-3H3,(H,21,23)/t16-,20-/m1/s1. The van der Waals surface area contributed by atoms with E-state index < -0.39 is 17.2 Å². The van der Waals surface area contributed by atoms with Gasteiger partial charge in [0.25, 0.3) is 0 Å². The van der Waals surface area contributed by atoms with Crippen molar-refractivity contribution in [2.75, 3.05) is 13.1 Å². The summed E-state index contributed by atoms with van der Waals surface area (Å²) in [6.45, 7) is 6.89. The van der Waals surface area contributed by atoms with Gasteiger partial charge in [0, 0.05) is 19.0 Å². The van der Waals surface area contributed by atoms with Crippen molar-refractivity contribution in [1.82, 2.24) is 10.2 Å². The molecule has 0 bridgehead atoms. The second-order valence-corrected chi connectivity index (χ2v) is 8.29. The fourth-order valence-corrected chi connectivity index (χ4v) is 3.95. The molecule has 1 N–H and O–H groups in total. The summed E-state index contributed by atoms with van der Waals surface area (Å²) in [5, 5.41) is 3.06. The van der Waals surface area contributed by atoms with Crippen LogP contribution >= 0.6 is 0 Å². The van der Waals surface area contributed by atoms with E-state index in [1.165, 1.54) is 0 Å². The molecule has 0 spiro atoms. The average Bonchev–Trinajstić information content (AvgIpc) is 3.08. The third-order valence-corrected chi connectivity index (χ3v) is 5.08. The van der Waals surface area contributed by atoms with Crippen molar-refractivity contribution in [3.8, 4) is 0 Å². The van der Waals surface area contributed by atoms with Crippen LogP contribution in [0.2, 0.25) is 0 Å². The number of carbonyl (C=O) groups is 2. The molecule has 1 aliphatic heterocycles. The third-order valence-electron chi connectivity index (χ3n) is 5.08. The van der Waals surface area contributed by atoms with Crippen molar-refractivity contribution >= 4 is 12.2 Å². The van der Waals surface area contributed by atoms with Gasteiger partial charge in [-0.3, -0.25) is 0 Å². The van der Waals surface area contributed by atoms with Crippen LogP contribution < -0.4 is 5.32 Å². The van der Waals surface area contributed by atoms with Crippen LogP contribution in [0.4, 0.5) is 9.59 Å². The van der Waals surface area contributed by atoms with Gasteiger partial charge in [0.1, 0.15) is 12.2 Å². The first kappa shape index (κ1) is 18.5. The summed E-state index contributed by atoms with van der Waals surface area (Å²) in [5.74, 6) is 0.249. The highest BCUT2D eigenvalue weighted by atomic mass is 16.6. The van der Waals surface area contributed by atoms with Gasteiger partial charge in [-0.25, -0.2) is 9.59 Å². The van der Waals surface area contributed by atoms with Crippen LogP contribution in [-0.4, -0.2) is 41.3 Å². The van der Waals surface area contributed by atoms with E-state index in [-0.39, 0.29) is 18.6 Å². The van der Waals surface area contributed by atoms with Crippen LogP contribution in [0.5, 0.6) is 0 Å². The Bertz CT molecular complexity index is 656. The Kier molecular flexibility index (Phi) is 5.12. The second kappa shape index (κ2) is 7.17. The lowest BCUT2D eigenvalue weighted by Gasteiger charge is -2.31. The fraction of sp³-hybridized carbons (Fsp3) is 0.600. The highest BCUT2D eigenvalue weighted by molar-refractivity contribution is 5.71. The number of hydrogen-bond acceptors (Lipinski definition) is 4. The van der Waals surface area contributed by atoms with Crippen molar-refractivity contribution in [2.45, 2.75) is 57.8 Å². The minimum absolute atomic E-state index is 0.249. The molecule has 2 atom stereocenters.